The van der Waals surface area contributed by atoms with Crippen molar-refractivity contribution in [2.75, 3.05) is 19.7 Å². The Hall–Kier alpha value is -1.21. The normalized spacial score (nSPS) is 19.8. The van der Waals surface area contributed by atoms with E-state index in [4.69, 9.17) is 4.74 Å². The van der Waals surface area contributed by atoms with Gasteiger partial charge < -0.3 is 10.1 Å². The van der Waals surface area contributed by atoms with Crippen molar-refractivity contribution >= 4 is 9.84 Å². The molecule has 4 nitrogen and oxygen atoms in total. The highest BCUT2D eigenvalue weighted by Crippen LogP contribution is 2.21. The molecule has 19 heavy (non-hydrogen) atoms. The van der Waals surface area contributed by atoms with E-state index in [1.54, 1.807) is 0 Å². The maximum absolute atomic E-state index is 12.3. The summed E-state index contributed by atoms with van der Waals surface area (Å²) in [6, 6.07) is 5.09. The number of hydrogen-bond donors (Lipinski definition) is 1. The van der Waals surface area contributed by atoms with Crippen LogP contribution in [0.25, 0.3) is 0 Å². The van der Waals surface area contributed by atoms with Crippen LogP contribution in [0.5, 0.6) is 5.75 Å². The van der Waals surface area contributed by atoms with Gasteiger partial charge >= 0.3 is 5.76 Å². The lowest BCUT2D eigenvalue weighted by Crippen LogP contribution is -2.15. The lowest BCUT2D eigenvalue weighted by atomic mass is 10.1. The van der Waals surface area contributed by atoms with E-state index in [1.807, 2.05) is 0 Å². The van der Waals surface area contributed by atoms with E-state index in [-0.39, 0.29) is 0 Å². The Labute approximate surface area is 110 Å². The van der Waals surface area contributed by atoms with E-state index in [0.717, 1.165) is 31.6 Å². The predicted molar refractivity (Wildman–Crippen MR) is 66.1 cm³/mol. The lowest BCUT2D eigenvalue weighted by Gasteiger charge is -2.11. The summed E-state index contributed by atoms with van der Waals surface area (Å²) in [5.41, 5.74) is 0. The Morgan fingerprint density at radius 3 is 2.53 bits per heavy atom. The fourth-order valence-corrected chi connectivity index (χ4v) is 2.62. The number of hydrogen-bond acceptors (Lipinski definition) is 4. The van der Waals surface area contributed by atoms with Crippen LogP contribution in [-0.2, 0) is 9.84 Å². The van der Waals surface area contributed by atoms with Crippen molar-refractivity contribution in [3.05, 3.63) is 24.3 Å². The SMILES string of the molecule is O=S(=O)(c1ccc(OCC2CCNC2)cc1)C(F)F. The Morgan fingerprint density at radius 2 is 2.00 bits per heavy atom. The minimum atomic E-state index is -4.52. The zero-order valence-corrected chi connectivity index (χ0v) is 11.0. The summed E-state index contributed by atoms with van der Waals surface area (Å²) in [7, 11) is -4.52. The monoisotopic (exact) mass is 291 g/mol. The summed E-state index contributed by atoms with van der Waals surface area (Å²) in [4.78, 5) is -0.391. The second-order valence-corrected chi connectivity index (χ2v) is 6.36. The molecule has 0 spiro atoms. The van der Waals surface area contributed by atoms with Crippen LogP contribution in [0.15, 0.2) is 29.2 Å². The molecule has 1 atom stereocenters. The molecule has 7 heteroatoms. The van der Waals surface area contributed by atoms with Gasteiger partial charge in [-0.1, -0.05) is 0 Å². The minimum Gasteiger partial charge on any atom is -0.493 e. The molecule has 106 valence electrons. The highest BCUT2D eigenvalue weighted by atomic mass is 32.2. The minimum absolute atomic E-state index is 0.391. The lowest BCUT2D eigenvalue weighted by molar-refractivity contribution is 0.234. The molecule has 2 rings (SSSR count). The molecule has 0 saturated carbocycles. The number of benzene rings is 1. The smallest absolute Gasteiger partial charge is 0.341 e. The highest BCUT2D eigenvalue weighted by Gasteiger charge is 2.26. The van der Waals surface area contributed by atoms with Crippen molar-refractivity contribution in [2.24, 2.45) is 5.92 Å². The Morgan fingerprint density at radius 1 is 1.32 bits per heavy atom. The summed E-state index contributed by atoms with van der Waals surface area (Å²) in [5, 5.41) is 3.21. The first-order valence-corrected chi connectivity index (χ1v) is 7.50. The van der Waals surface area contributed by atoms with E-state index in [1.165, 1.54) is 12.1 Å². The van der Waals surface area contributed by atoms with Crippen LogP contribution < -0.4 is 10.1 Å². The van der Waals surface area contributed by atoms with Gasteiger partial charge in [0.25, 0.3) is 0 Å². The van der Waals surface area contributed by atoms with Crippen molar-refractivity contribution < 1.29 is 21.9 Å². The molecule has 1 aromatic rings. The summed E-state index contributed by atoms with van der Waals surface area (Å²) < 4.78 is 52.6. The molecule has 1 aromatic carbocycles. The number of rotatable bonds is 5. The number of ether oxygens (including phenoxy) is 1. The number of alkyl halides is 2. The van der Waals surface area contributed by atoms with E-state index in [0.29, 0.717) is 18.3 Å². The van der Waals surface area contributed by atoms with Crippen molar-refractivity contribution in [2.45, 2.75) is 17.1 Å². The third-order valence-corrected chi connectivity index (χ3v) is 4.43. The molecule has 1 heterocycles. The molecule has 1 N–H and O–H groups in total. The van der Waals surface area contributed by atoms with Crippen LogP contribution in [-0.4, -0.2) is 33.9 Å². The summed E-state index contributed by atoms with van der Waals surface area (Å²) in [5.74, 6) is -2.48. The highest BCUT2D eigenvalue weighted by molar-refractivity contribution is 7.91. The molecule has 1 aliphatic rings. The van der Waals surface area contributed by atoms with E-state index >= 15 is 0 Å². The molecule has 1 unspecified atom stereocenters. The molecular weight excluding hydrogens is 276 g/mol. The van der Waals surface area contributed by atoms with Crippen LogP contribution in [0, 0.1) is 5.92 Å². The molecule has 1 aliphatic heterocycles. The topological polar surface area (TPSA) is 55.4 Å². The largest absolute Gasteiger partial charge is 0.493 e. The molecule has 0 aliphatic carbocycles. The van der Waals surface area contributed by atoms with Crippen molar-refractivity contribution in [1.82, 2.24) is 5.32 Å². The van der Waals surface area contributed by atoms with Gasteiger partial charge in [0.2, 0.25) is 9.84 Å². The zero-order valence-electron chi connectivity index (χ0n) is 10.2. The summed E-state index contributed by atoms with van der Waals surface area (Å²) in [6.45, 7) is 2.41. The summed E-state index contributed by atoms with van der Waals surface area (Å²) >= 11 is 0. The number of nitrogens with one attached hydrogen (secondary N) is 1. The van der Waals surface area contributed by atoms with Crippen LogP contribution in [0.4, 0.5) is 8.78 Å². The zero-order chi connectivity index (χ0) is 13.9. The fourth-order valence-electron chi connectivity index (χ4n) is 1.90. The standard InChI is InChI=1S/C12H15F2NO3S/c13-12(14)19(16,17)11-3-1-10(2-4-11)18-8-9-5-6-15-7-9/h1-4,9,12,15H,5-8H2. The van der Waals surface area contributed by atoms with Crippen LogP contribution >= 0.6 is 0 Å². The first-order valence-electron chi connectivity index (χ1n) is 5.96. The molecule has 0 amide bonds. The van der Waals surface area contributed by atoms with Gasteiger partial charge in [-0.25, -0.2) is 8.42 Å². The van der Waals surface area contributed by atoms with Gasteiger partial charge in [-0.3, -0.25) is 0 Å². The Bertz CT molecular complexity index is 510. The molecular formula is C12H15F2NO3S. The van der Waals surface area contributed by atoms with Crippen LogP contribution in [0.1, 0.15) is 6.42 Å². The second kappa shape index (κ2) is 5.83. The molecule has 1 fully saturated rings. The number of halogens is 2. The fraction of sp³-hybridized carbons (Fsp3) is 0.500. The van der Waals surface area contributed by atoms with Crippen molar-refractivity contribution in [3.63, 3.8) is 0 Å². The van der Waals surface area contributed by atoms with Gasteiger partial charge in [-0.15, -0.1) is 0 Å². The molecule has 0 bridgehead atoms. The van der Waals surface area contributed by atoms with Gasteiger partial charge in [-0.05, 0) is 37.2 Å². The molecule has 0 radical (unpaired) electrons. The Kier molecular flexibility index (Phi) is 4.36. The van der Waals surface area contributed by atoms with Gasteiger partial charge in [0.15, 0.2) is 0 Å². The molecule has 0 aromatic heterocycles. The Balaban J connectivity index is 1.98. The van der Waals surface area contributed by atoms with Gasteiger partial charge in [0, 0.05) is 12.5 Å². The quantitative estimate of drug-likeness (QED) is 0.896. The van der Waals surface area contributed by atoms with E-state index < -0.39 is 20.5 Å². The van der Waals surface area contributed by atoms with Gasteiger partial charge in [0.05, 0.1) is 11.5 Å². The predicted octanol–water partition coefficient (Wildman–Crippen LogP) is 1.67. The third kappa shape index (κ3) is 3.42. The van der Waals surface area contributed by atoms with Crippen molar-refractivity contribution in [3.8, 4) is 5.75 Å². The van der Waals surface area contributed by atoms with E-state index in [9.17, 15) is 17.2 Å². The van der Waals surface area contributed by atoms with Gasteiger partial charge in [-0.2, -0.15) is 8.78 Å². The second-order valence-electron chi connectivity index (χ2n) is 4.45. The average Bonchev–Trinajstić information content (AvgIpc) is 2.90. The average molecular weight is 291 g/mol. The van der Waals surface area contributed by atoms with Crippen LogP contribution in [0.3, 0.4) is 0 Å². The summed E-state index contributed by atoms with van der Waals surface area (Å²) in [6.07, 6.45) is 1.04. The van der Waals surface area contributed by atoms with Gasteiger partial charge in [0.1, 0.15) is 5.75 Å². The maximum Gasteiger partial charge on any atom is 0.341 e. The van der Waals surface area contributed by atoms with Crippen LogP contribution in [0.2, 0.25) is 0 Å². The first-order chi connectivity index (χ1) is 9.00. The van der Waals surface area contributed by atoms with E-state index in [2.05, 4.69) is 5.32 Å². The third-order valence-electron chi connectivity index (χ3n) is 3.03. The number of sulfone groups is 1. The maximum atomic E-state index is 12.3. The first kappa shape index (κ1) is 14.2. The molecule has 1 saturated heterocycles. The van der Waals surface area contributed by atoms with Crippen molar-refractivity contribution in [1.29, 1.82) is 0 Å².